The van der Waals surface area contributed by atoms with Crippen molar-refractivity contribution < 1.29 is 0 Å². The number of aromatic nitrogens is 3. The van der Waals surface area contributed by atoms with Gasteiger partial charge in [0.1, 0.15) is 0 Å². The Balaban J connectivity index is 2.99. The second kappa shape index (κ2) is 2.20. The Kier molecular flexibility index (Phi) is 1.30. The van der Waals surface area contributed by atoms with E-state index in [1.807, 2.05) is 17.5 Å². The summed E-state index contributed by atoms with van der Waals surface area (Å²) in [7, 11) is 1.71. The first kappa shape index (κ1) is 7.09. The predicted octanol–water partition coefficient (Wildman–Crippen LogP) is 0.341. The maximum atomic E-state index is 11.2. The van der Waals surface area contributed by atoms with E-state index >= 15 is 0 Å². The van der Waals surface area contributed by atoms with Crippen LogP contribution in [0.1, 0.15) is 5.69 Å². The third kappa shape index (κ3) is 0.845. The monoisotopic (exact) mass is 163 g/mol. The van der Waals surface area contributed by atoms with Crippen LogP contribution in [0.3, 0.4) is 0 Å². The maximum Gasteiger partial charge on any atom is 0.254 e. The van der Waals surface area contributed by atoms with Crippen LogP contribution in [0.15, 0.2) is 23.3 Å². The average Bonchev–Trinajstić information content (AvgIpc) is 2.39. The summed E-state index contributed by atoms with van der Waals surface area (Å²) >= 11 is 0. The molecule has 0 aliphatic carbocycles. The van der Waals surface area contributed by atoms with Crippen LogP contribution in [0.2, 0.25) is 0 Å². The summed E-state index contributed by atoms with van der Waals surface area (Å²) in [5.74, 6) is 0.681. The van der Waals surface area contributed by atoms with Gasteiger partial charge >= 0.3 is 0 Å². The van der Waals surface area contributed by atoms with Gasteiger partial charge in [-0.1, -0.05) is 0 Å². The van der Waals surface area contributed by atoms with E-state index in [1.165, 1.54) is 10.6 Å². The van der Waals surface area contributed by atoms with Crippen LogP contribution >= 0.6 is 0 Å². The molecular weight excluding hydrogens is 154 g/mol. The zero-order valence-corrected chi connectivity index (χ0v) is 6.98. The Hall–Kier alpha value is -1.58. The molecule has 0 bridgehead atoms. The Morgan fingerprint density at radius 3 is 3.00 bits per heavy atom. The van der Waals surface area contributed by atoms with E-state index in [9.17, 15) is 4.79 Å². The summed E-state index contributed by atoms with van der Waals surface area (Å²) in [6.45, 7) is 1.90. The molecule has 12 heavy (non-hydrogen) atoms. The molecule has 4 nitrogen and oxygen atoms in total. The quantitative estimate of drug-likeness (QED) is 0.562. The first-order chi connectivity index (χ1) is 5.68. The van der Waals surface area contributed by atoms with E-state index in [-0.39, 0.29) is 5.56 Å². The fraction of sp³-hybridized carbons (Fsp3) is 0.250. The number of fused-ring (bicyclic) bond motifs is 1. The summed E-state index contributed by atoms with van der Waals surface area (Å²) in [5, 5.41) is 0. The van der Waals surface area contributed by atoms with Crippen LogP contribution in [0, 0.1) is 6.92 Å². The molecule has 0 saturated heterocycles. The summed E-state index contributed by atoms with van der Waals surface area (Å²) in [5.41, 5.74) is 0.879. The maximum absolute atomic E-state index is 11.2. The number of hydrogen-bond donors (Lipinski definition) is 0. The Morgan fingerprint density at radius 2 is 2.25 bits per heavy atom. The molecule has 0 saturated carbocycles. The van der Waals surface area contributed by atoms with E-state index in [1.54, 1.807) is 13.2 Å². The highest BCUT2D eigenvalue weighted by molar-refractivity contribution is 5.31. The van der Waals surface area contributed by atoms with Crippen LogP contribution in [-0.4, -0.2) is 14.0 Å². The molecule has 2 heterocycles. The topological polar surface area (TPSA) is 39.3 Å². The number of imidazole rings is 1. The summed E-state index contributed by atoms with van der Waals surface area (Å²) in [4.78, 5) is 15.4. The molecule has 0 fully saturated rings. The van der Waals surface area contributed by atoms with Crippen molar-refractivity contribution in [2.75, 3.05) is 0 Å². The van der Waals surface area contributed by atoms with Gasteiger partial charge in [0, 0.05) is 25.5 Å². The van der Waals surface area contributed by atoms with E-state index in [0.717, 1.165) is 5.69 Å². The molecule has 0 aliphatic rings. The van der Waals surface area contributed by atoms with Crippen molar-refractivity contribution in [2.24, 2.45) is 7.05 Å². The SMILES string of the molecule is Cc1cn2ccc(=O)n(C)c2n1. The number of hydrogen-bond acceptors (Lipinski definition) is 2. The largest absolute Gasteiger partial charge is 0.292 e. The van der Waals surface area contributed by atoms with Gasteiger partial charge in [0.25, 0.3) is 5.56 Å². The first-order valence-corrected chi connectivity index (χ1v) is 3.70. The number of rotatable bonds is 0. The van der Waals surface area contributed by atoms with Crippen molar-refractivity contribution in [3.05, 3.63) is 34.5 Å². The lowest BCUT2D eigenvalue weighted by molar-refractivity contribution is 0.842. The average molecular weight is 163 g/mol. The van der Waals surface area contributed by atoms with Gasteiger partial charge in [0.15, 0.2) is 0 Å². The van der Waals surface area contributed by atoms with Gasteiger partial charge in [0.05, 0.1) is 5.69 Å². The molecule has 0 aliphatic heterocycles. The zero-order valence-electron chi connectivity index (χ0n) is 6.98. The zero-order chi connectivity index (χ0) is 8.72. The fourth-order valence-electron chi connectivity index (χ4n) is 1.22. The van der Waals surface area contributed by atoms with Gasteiger partial charge in [-0.15, -0.1) is 0 Å². The molecule has 0 N–H and O–H groups in total. The lowest BCUT2D eigenvalue weighted by Gasteiger charge is -1.97. The fourth-order valence-corrected chi connectivity index (χ4v) is 1.22. The lowest BCUT2D eigenvalue weighted by atomic mass is 10.6. The molecule has 0 amide bonds. The van der Waals surface area contributed by atoms with Crippen LogP contribution in [0.25, 0.3) is 5.78 Å². The molecule has 2 aromatic rings. The minimum atomic E-state index is -0.0342. The van der Waals surface area contributed by atoms with Gasteiger partial charge in [-0.3, -0.25) is 13.8 Å². The Labute approximate surface area is 69.1 Å². The second-order valence-electron chi connectivity index (χ2n) is 2.80. The molecule has 0 atom stereocenters. The smallest absolute Gasteiger partial charge is 0.254 e. The first-order valence-electron chi connectivity index (χ1n) is 3.70. The van der Waals surface area contributed by atoms with Crippen molar-refractivity contribution in [3.63, 3.8) is 0 Å². The number of aryl methyl sites for hydroxylation is 2. The van der Waals surface area contributed by atoms with Crippen molar-refractivity contribution in [2.45, 2.75) is 6.92 Å². The predicted molar refractivity (Wildman–Crippen MR) is 45.2 cm³/mol. The number of nitrogens with zero attached hydrogens (tertiary/aromatic N) is 3. The molecular formula is C8H9N3O. The van der Waals surface area contributed by atoms with Crippen LogP contribution in [0.5, 0.6) is 0 Å². The minimum absolute atomic E-state index is 0.0342. The highest BCUT2D eigenvalue weighted by Crippen LogP contribution is 1.99. The van der Waals surface area contributed by atoms with Gasteiger partial charge in [-0.05, 0) is 6.92 Å². The molecule has 62 valence electrons. The molecule has 4 heteroatoms. The highest BCUT2D eigenvalue weighted by atomic mass is 16.1. The molecule has 0 radical (unpaired) electrons. The minimum Gasteiger partial charge on any atom is -0.292 e. The van der Waals surface area contributed by atoms with Crippen molar-refractivity contribution >= 4 is 5.78 Å². The van der Waals surface area contributed by atoms with Crippen LogP contribution in [-0.2, 0) is 7.05 Å². The highest BCUT2D eigenvalue weighted by Gasteiger charge is 2.00. The van der Waals surface area contributed by atoms with Crippen LogP contribution in [0.4, 0.5) is 0 Å². The standard InChI is InChI=1S/C8H9N3O/c1-6-5-11-4-3-7(12)10(2)8(11)9-6/h3-5H,1-2H3. The van der Waals surface area contributed by atoms with Gasteiger partial charge < -0.3 is 0 Å². The van der Waals surface area contributed by atoms with Crippen molar-refractivity contribution in [1.82, 2.24) is 14.0 Å². The molecule has 2 rings (SSSR count). The third-order valence-electron chi connectivity index (χ3n) is 1.84. The summed E-state index contributed by atoms with van der Waals surface area (Å²) in [6.07, 6.45) is 3.60. The summed E-state index contributed by atoms with van der Waals surface area (Å²) < 4.78 is 3.35. The van der Waals surface area contributed by atoms with E-state index in [0.29, 0.717) is 5.78 Å². The molecule has 2 aromatic heterocycles. The third-order valence-corrected chi connectivity index (χ3v) is 1.84. The van der Waals surface area contributed by atoms with E-state index in [4.69, 9.17) is 0 Å². The molecule has 0 unspecified atom stereocenters. The molecule has 0 aromatic carbocycles. The normalized spacial score (nSPS) is 10.8. The van der Waals surface area contributed by atoms with Crippen LogP contribution < -0.4 is 5.56 Å². The molecule has 0 spiro atoms. The Morgan fingerprint density at radius 1 is 1.50 bits per heavy atom. The van der Waals surface area contributed by atoms with Crippen molar-refractivity contribution in [1.29, 1.82) is 0 Å². The second-order valence-corrected chi connectivity index (χ2v) is 2.80. The Bertz CT molecular complexity index is 480. The van der Waals surface area contributed by atoms with E-state index < -0.39 is 0 Å². The summed E-state index contributed by atoms with van der Waals surface area (Å²) in [6, 6.07) is 1.52. The van der Waals surface area contributed by atoms with Gasteiger partial charge in [-0.2, -0.15) is 0 Å². The lowest BCUT2D eigenvalue weighted by Crippen LogP contribution is -2.17. The van der Waals surface area contributed by atoms with Gasteiger partial charge in [-0.25, -0.2) is 4.98 Å². The van der Waals surface area contributed by atoms with Crippen molar-refractivity contribution in [3.8, 4) is 0 Å². The van der Waals surface area contributed by atoms with E-state index in [2.05, 4.69) is 4.98 Å². The van der Waals surface area contributed by atoms with Gasteiger partial charge in [0.2, 0.25) is 5.78 Å².